The molecule has 1 aliphatic carbocycles. The summed E-state index contributed by atoms with van der Waals surface area (Å²) < 4.78 is 64.0. The molecule has 0 saturated carbocycles. The molecule has 0 aromatic rings. The van der Waals surface area contributed by atoms with Gasteiger partial charge in [0.15, 0.2) is 0 Å². The first-order valence-corrected chi connectivity index (χ1v) is 27.1. The van der Waals surface area contributed by atoms with Crippen LogP contribution >= 0.6 is 0 Å². The van der Waals surface area contributed by atoms with Crippen molar-refractivity contribution in [2.75, 3.05) is 19.8 Å². The topological polar surface area (TPSA) is 27.7 Å². The Balaban J connectivity index is 3.79. The molecule has 0 atom stereocenters. The summed E-state index contributed by atoms with van der Waals surface area (Å²) >= 11 is -5.85. The number of alkyl halides is 3. The Hall–Kier alpha value is 0.576. The van der Waals surface area contributed by atoms with E-state index in [4.69, 9.17) is 8.44 Å². The molecular formula is C20H38F3GeO3Zr. The zero-order valence-electron chi connectivity index (χ0n) is 18.7. The van der Waals surface area contributed by atoms with Crippen LogP contribution in [0.4, 0.5) is 13.2 Å². The van der Waals surface area contributed by atoms with E-state index in [9.17, 15) is 13.2 Å². The number of hydrogen-bond donors (Lipinski definition) is 0. The van der Waals surface area contributed by atoms with Crippen molar-refractivity contribution in [3.05, 3.63) is 21.5 Å². The molecule has 0 fully saturated rings. The second-order valence-corrected chi connectivity index (χ2v) is 52.8. The van der Waals surface area contributed by atoms with Gasteiger partial charge in [-0.25, -0.2) is 0 Å². The summed E-state index contributed by atoms with van der Waals surface area (Å²) in [6, 6.07) is 0. The molecule has 0 amide bonds. The van der Waals surface area contributed by atoms with Crippen molar-refractivity contribution in [2.24, 2.45) is 17.8 Å². The van der Waals surface area contributed by atoms with Gasteiger partial charge in [0.2, 0.25) is 0 Å². The van der Waals surface area contributed by atoms with E-state index in [2.05, 4.69) is 0 Å². The molecule has 0 radical (unpaired) electrons. The Labute approximate surface area is 171 Å². The van der Waals surface area contributed by atoms with Crippen molar-refractivity contribution in [2.45, 2.75) is 64.5 Å². The van der Waals surface area contributed by atoms with E-state index in [-0.39, 0.29) is 37.6 Å². The van der Waals surface area contributed by atoms with Crippen LogP contribution in [0.25, 0.3) is 0 Å². The Kier molecular flexibility index (Phi) is 9.32. The molecular weight excluding hydrogens is 509 g/mol. The molecule has 0 unspecified atom stereocenters. The standard InChI is InChI=1S/C5H5.3C4H9O.C3H6F3Ge.Zr/c1-2-4-5-3-1;3*1-4(2)3-5;1-7(2)3(4,5)6;/h1-3H,4H2;3*4H,3H2,1-2H3;1-2H3;/q;3*-1;;+3. The van der Waals surface area contributed by atoms with Gasteiger partial charge >= 0.3 is 172 Å². The van der Waals surface area contributed by atoms with Gasteiger partial charge in [-0.2, -0.15) is 0 Å². The van der Waals surface area contributed by atoms with Gasteiger partial charge < -0.3 is 0 Å². The third-order valence-corrected chi connectivity index (χ3v) is 61.9. The van der Waals surface area contributed by atoms with E-state index >= 15 is 0 Å². The first-order chi connectivity index (χ1) is 12.7. The molecule has 28 heavy (non-hydrogen) atoms. The molecule has 1 aliphatic rings. The van der Waals surface area contributed by atoms with Gasteiger partial charge in [0.05, 0.1) is 0 Å². The SMILES string of the molecule is CC(C)C[O][Zr]([O]CC(C)C)([O]CC(C)C)([C]1=CC=CC1)[Ge]([CH3])([CH3])[C](F)(F)F. The zero-order chi connectivity index (χ0) is 21.8. The fraction of sp³-hybridized carbons (Fsp3) is 0.800. The number of allylic oxidation sites excluding steroid dienone is 4. The molecule has 0 saturated heterocycles. The first-order valence-electron chi connectivity index (χ1n) is 10.2. The van der Waals surface area contributed by atoms with E-state index in [0.717, 1.165) is 0 Å². The summed E-state index contributed by atoms with van der Waals surface area (Å²) in [5.74, 6) is 3.04. The van der Waals surface area contributed by atoms with Gasteiger partial charge in [0.1, 0.15) is 0 Å². The van der Waals surface area contributed by atoms with Gasteiger partial charge in [-0.05, 0) is 0 Å². The molecule has 0 spiro atoms. The minimum absolute atomic E-state index is 0.0829. The maximum atomic E-state index is 14.6. The van der Waals surface area contributed by atoms with Crippen molar-refractivity contribution in [1.82, 2.24) is 0 Å². The molecule has 8 heteroatoms. The molecule has 0 heterocycles. The van der Waals surface area contributed by atoms with Crippen LogP contribution < -0.4 is 0 Å². The van der Waals surface area contributed by atoms with Crippen molar-refractivity contribution in [3.63, 3.8) is 0 Å². The number of rotatable bonds is 11. The Morgan fingerprint density at radius 3 is 1.54 bits per heavy atom. The Morgan fingerprint density at radius 2 is 1.29 bits per heavy atom. The predicted octanol–water partition coefficient (Wildman–Crippen LogP) is 6.59. The average molecular weight is 547 g/mol. The van der Waals surface area contributed by atoms with E-state index in [1.807, 2.05) is 53.7 Å². The average Bonchev–Trinajstić information content (AvgIpc) is 3.08. The Bertz CT molecular complexity index is 550. The number of hydrogen-bond acceptors (Lipinski definition) is 3. The van der Waals surface area contributed by atoms with Crippen LogP contribution in [-0.2, 0) is 26.0 Å². The summed E-state index contributed by atoms with van der Waals surface area (Å²) in [5.41, 5.74) is 0. The second-order valence-electron chi connectivity index (χ2n) is 9.55. The molecule has 165 valence electrons. The summed E-state index contributed by atoms with van der Waals surface area (Å²) in [5, 5.41) is -4.35. The molecule has 0 bridgehead atoms. The van der Waals surface area contributed by atoms with E-state index < -0.39 is 32.1 Å². The van der Waals surface area contributed by atoms with Gasteiger partial charge in [0.25, 0.3) is 0 Å². The van der Waals surface area contributed by atoms with Crippen LogP contribution in [0.5, 0.6) is 0 Å². The molecule has 0 aromatic heterocycles. The molecule has 0 N–H and O–H groups in total. The fourth-order valence-corrected chi connectivity index (χ4v) is 52.8. The maximum absolute atomic E-state index is 14.6. The monoisotopic (exact) mass is 547 g/mol. The van der Waals surface area contributed by atoms with E-state index in [1.165, 1.54) is 11.5 Å². The van der Waals surface area contributed by atoms with Crippen LogP contribution in [0.3, 0.4) is 0 Å². The molecule has 1 rings (SSSR count). The van der Waals surface area contributed by atoms with Crippen molar-refractivity contribution < 1.29 is 39.2 Å². The zero-order valence-corrected chi connectivity index (χ0v) is 23.2. The van der Waals surface area contributed by atoms with E-state index in [0.29, 0.717) is 9.70 Å². The van der Waals surface area contributed by atoms with Gasteiger partial charge in [-0.3, -0.25) is 0 Å². The molecule has 0 aliphatic heterocycles. The van der Waals surface area contributed by atoms with E-state index in [1.54, 1.807) is 6.08 Å². The summed E-state index contributed by atoms with van der Waals surface area (Å²) in [7, 11) is -4.84. The van der Waals surface area contributed by atoms with Gasteiger partial charge in [0, 0.05) is 0 Å². The predicted molar refractivity (Wildman–Crippen MR) is 108 cm³/mol. The number of halogens is 3. The first kappa shape index (κ1) is 26.6. The van der Waals surface area contributed by atoms with Crippen LogP contribution in [0.15, 0.2) is 21.5 Å². The van der Waals surface area contributed by atoms with Crippen LogP contribution in [0, 0.1) is 17.8 Å². The molecule has 0 aromatic carbocycles. The third kappa shape index (κ3) is 5.24. The minimum atomic E-state index is -5.85. The Morgan fingerprint density at radius 1 is 0.893 bits per heavy atom. The summed E-state index contributed by atoms with van der Waals surface area (Å²) in [4.78, 5) is 0. The fourth-order valence-electron chi connectivity index (χ4n) is 3.31. The summed E-state index contributed by atoms with van der Waals surface area (Å²) in [6.07, 6.45) is 5.90. The molecule has 3 nitrogen and oxygen atoms in total. The van der Waals surface area contributed by atoms with Crippen molar-refractivity contribution >= 4 is 9.48 Å². The quantitative estimate of drug-likeness (QED) is 0.274. The van der Waals surface area contributed by atoms with Crippen molar-refractivity contribution in [1.29, 1.82) is 0 Å². The third-order valence-electron chi connectivity index (χ3n) is 5.15. The second kappa shape index (κ2) is 9.80. The van der Waals surface area contributed by atoms with Gasteiger partial charge in [-0.15, -0.1) is 0 Å². The summed E-state index contributed by atoms with van der Waals surface area (Å²) in [6.45, 7) is 12.3. The van der Waals surface area contributed by atoms with Crippen LogP contribution in [0.1, 0.15) is 48.0 Å². The van der Waals surface area contributed by atoms with Crippen molar-refractivity contribution in [3.8, 4) is 0 Å². The normalized spacial score (nSPS) is 17.5. The van der Waals surface area contributed by atoms with Gasteiger partial charge in [-0.1, -0.05) is 0 Å². The van der Waals surface area contributed by atoms with Crippen LogP contribution in [-0.4, -0.2) is 34.3 Å². The van der Waals surface area contributed by atoms with Crippen LogP contribution in [0.2, 0.25) is 11.5 Å².